The van der Waals surface area contributed by atoms with E-state index in [1.807, 2.05) is 12.4 Å². The monoisotopic (exact) mass is 292 g/mol. The van der Waals surface area contributed by atoms with E-state index in [0.29, 0.717) is 18.6 Å². The number of aryl methyl sites for hydroxylation is 1. The summed E-state index contributed by atoms with van der Waals surface area (Å²) in [4.78, 5) is 9.65. The van der Waals surface area contributed by atoms with Crippen LogP contribution in [0.25, 0.3) is 0 Å². The van der Waals surface area contributed by atoms with E-state index in [4.69, 9.17) is 0 Å². The molecule has 2 aliphatic heterocycles. The molecule has 118 valence electrons. The molecule has 21 heavy (non-hydrogen) atoms. The second-order valence-electron chi connectivity index (χ2n) is 6.65. The lowest BCUT2D eigenvalue weighted by Crippen LogP contribution is -2.50. The molecular weight excluding hydrogens is 264 g/mol. The van der Waals surface area contributed by atoms with Gasteiger partial charge in [-0.05, 0) is 51.2 Å². The lowest BCUT2D eigenvalue weighted by atomic mass is 9.94. The SMILES string of the molecule is Cn1ccnc1CN1CCCC(N2CCC(CO)CC2)C1. The van der Waals surface area contributed by atoms with E-state index in [1.165, 1.54) is 19.4 Å². The van der Waals surface area contributed by atoms with Crippen LogP contribution in [0, 0.1) is 5.92 Å². The number of likely N-dealkylation sites (tertiary alicyclic amines) is 2. The van der Waals surface area contributed by atoms with Gasteiger partial charge in [-0.3, -0.25) is 9.80 Å². The zero-order chi connectivity index (χ0) is 14.7. The number of rotatable bonds is 4. The highest BCUT2D eigenvalue weighted by molar-refractivity contribution is 4.93. The lowest BCUT2D eigenvalue weighted by molar-refractivity contribution is 0.0534. The lowest BCUT2D eigenvalue weighted by Gasteiger charge is -2.42. The summed E-state index contributed by atoms with van der Waals surface area (Å²) in [5.41, 5.74) is 0. The summed E-state index contributed by atoms with van der Waals surface area (Å²) in [6.45, 7) is 6.00. The Morgan fingerprint density at radius 3 is 2.71 bits per heavy atom. The molecule has 0 radical (unpaired) electrons. The van der Waals surface area contributed by atoms with E-state index in [0.717, 1.165) is 44.8 Å². The van der Waals surface area contributed by atoms with Gasteiger partial charge < -0.3 is 9.67 Å². The molecule has 0 amide bonds. The van der Waals surface area contributed by atoms with Crippen molar-refractivity contribution in [3.63, 3.8) is 0 Å². The van der Waals surface area contributed by atoms with E-state index >= 15 is 0 Å². The van der Waals surface area contributed by atoms with Crippen molar-refractivity contribution >= 4 is 0 Å². The van der Waals surface area contributed by atoms with Crippen LogP contribution in [-0.2, 0) is 13.6 Å². The van der Waals surface area contributed by atoms with Gasteiger partial charge >= 0.3 is 0 Å². The quantitative estimate of drug-likeness (QED) is 0.902. The van der Waals surface area contributed by atoms with Crippen LogP contribution in [0.1, 0.15) is 31.5 Å². The minimum absolute atomic E-state index is 0.365. The summed E-state index contributed by atoms with van der Waals surface area (Å²) in [5, 5.41) is 9.26. The van der Waals surface area contributed by atoms with Crippen molar-refractivity contribution in [1.29, 1.82) is 0 Å². The Hall–Kier alpha value is -0.910. The van der Waals surface area contributed by atoms with Crippen molar-refractivity contribution < 1.29 is 5.11 Å². The van der Waals surface area contributed by atoms with Gasteiger partial charge in [0.15, 0.2) is 0 Å². The molecule has 1 unspecified atom stereocenters. The van der Waals surface area contributed by atoms with Gasteiger partial charge in [0.1, 0.15) is 5.82 Å². The first kappa shape index (κ1) is 15.0. The Labute approximate surface area is 127 Å². The summed E-state index contributed by atoms with van der Waals surface area (Å²) in [6.07, 6.45) is 8.83. The molecule has 5 heteroatoms. The van der Waals surface area contributed by atoms with Crippen molar-refractivity contribution in [3.8, 4) is 0 Å². The van der Waals surface area contributed by atoms with Gasteiger partial charge in [-0.2, -0.15) is 0 Å². The van der Waals surface area contributed by atoms with Crippen LogP contribution in [0.4, 0.5) is 0 Å². The first-order valence-electron chi connectivity index (χ1n) is 8.29. The van der Waals surface area contributed by atoms with Crippen LogP contribution in [0.3, 0.4) is 0 Å². The fourth-order valence-electron chi connectivity index (χ4n) is 3.72. The number of imidazole rings is 1. The highest BCUT2D eigenvalue weighted by atomic mass is 16.3. The molecule has 5 nitrogen and oxygen atoms in total. The number of hydrogen-bond acceptors (Lipinski definition) is 4. The molecule has 1 aromatic rings. The predicted molar refractivity (Wildman–Crippen MR) is 82.9 cm³/mol. The van der Waals surface area contributed by atoms with E-state index in [-0.39, 0.29) is 0 Å². The van der Waals surface area contributed by atoms with Crippen LogP contribution in [0.15, 0.2) is 12.4 Å². The maximum Gasteiger partial charge on any atom is 0.122 e. The standard InChI is InChI=1S/C16H28N4O/c1-18-10-6-17-16(18)12-19-7-2-3-15(11-19)20-8-4-14(13-21)5-9-20/h6,10,14-15,21H,2-5,7-9,11-13H2,1H3. The largest absolute Gasteiger partial charge is 0.396 e. The highest BCUT2D eigenvalue weighted by Crippen LogP contribution is 2.23. The van der Waals surface area contributed by atoms with Crippen molar-refractivity contribution in [2.24, 2.45) is 13.0 Å². The third-order valence-electron chi connectivity index (χ3n) is 5.19. The molecular formula is C16H28N4O. The van der Waals surface area contributed by atoms with Crippen LogP contribution in [-0.4, -0.2) is 63.3 Å². The number of aromatic nitrogens is 2. The van der Waals surface area contributed by atoms with Gasteiger partial charge in [0, 0.05) is 38.6 Å². The maximum absolute atomic E-state index is 9.26. The maximum atomic E-state index is 9.26. The summed E-state index contributed by atoms with van der Waals surface area (Å²) in [6, 6.07) is 0.693. The summed E-state index contributed by atoms with van der Waals surface area (Å²) < 4.78 is 2.12. The third-order valence-corrected chi connectivity index (χ3v) is 5.19. The molecule has 0 aliphatic carbocycles. The Morgan fingerprint density at radius 1 is 1.24 bits per heavy atom. The zero-order valence-corrected chi connectivity index (χ0v) is 13.1. The Bertz CT molecular complexity index is 439. The van der Waals surface area contributed by atoms with Gasteiger partial charge in [-0.15, -0.1) is 0 Å². The first-order valence-corrected chi connectivity index (χ1v) is 8.29. The summed E-state index contributed by atoms with van der Waals surface area (Å²) in [7, 11) is 2.07. The molecule has 0 aromatic carbocycles. The first-order chi connectivity index (χ1) is 10.3. The minimum Gasteiger partial charge on any atom is -0.396 e. The van der Waals surface area contributed by atoms with Crippen LogP contribution in [0.2, 0.25) is 0 Å². The van der Waals surface area contributed by atoms with E-state index < -0.39 is 0 Å². The average molecular weight is 292 g/mol. The smallest absolute Gasteiger partial charge is 0.122 e. The summed E-state index contributed by atoms with van der Waals surface area (Å²) >= 11 is 0. The van der Waals surface area contributed by atoms with Crippen molar-refractivity contribution in [2.45, 2.75) is 38.3 Å². The number of hydrogen-bond donors (Lipinski definition) is 1. The van der Waals surface area contributed by atoms with Gasteiger partial charge in [0.05, 0.1) is 6.54 Å². The molecule has 3 rings (SSSR count). The van der Waals surface area contributed by atoms with Crippen LogP contribution in [0.5, 0.6) is 0 Å². The highest BCUT2D eigenvalue weighted by Gasteiger charge is 2.28. The number of piperidine rings is 2. The molecule has 0 spiro atoms. The van der Waals surface area contributed by atoms with Gasteiger partial charge in [0.2, 0.25) is 0 Å². The van der Waals surface area contributed by atoms with Crippen LogP contribution < -0.4 is 0 Å². The Kier molecular flexibility index (Phi) is 4.93. The third kappa shape index (κ3) is 3.65. The molecule has 3 heterocycles. The molecule has 0 saturated carbocycles. The van der Waals surface area contributed by atoms with Gasteiger partial charge in [-0.25, -0.2) is 4.98 Å². The van der Waals surface area contributed by atoms with Crippen molar-refractivity contribution in [2.75, 3.05) is 32.8 Å². The zero-order valence-electron chi connectivity index (χ0n) is 13.1. The molecule has 0 bridgehead atoms. The molecule has 2 saturated heterocycles. The van der Waals surface area contributed by atoms with E-state index in [2.05, 4.69) is 26.4 Å². The Balaban J connectivity index is 1.52. The Morgan fingerprint density at radius 2 is 2.05 bits per heavy atom. The fraction of sp³-hybridized carbons (Fsp3) is 0.812. The van der Waals surface area contributed by atoms with E-state index in [1.54, 1.807) is 0 Å². The normalized spacial score (nSPS) is 26.3. The molecule has 2 aliphatic rings. The second-order valence-corrected chi connectivity index (χ2v) is 6.65. The average Bonchev–Trinajstić information content (AvgIpc) is 2.93. The predicted octanol–water partition coefficient (Wildman–Crippen LogP) is 1.09. The van der Waals surface area contributed by atoms with E-state index in [9.17, 15) is 5.11 Å². The van der Waals surface area contributed by atoms with Gasteiger partial charge in [-0.1, -0.05) is 0 Å². The number of nitrogens with zero attached hydrogens (tertiary/aromatic N) is 4. The number of aliphatic hydroxyl groups is 1. The fourth-order valence-corrected chi connectivity index (χ4v) is 3.72. The van der Waals surface area contributed by atoms with Crippen molar-refractivity contribution in [1.82, 2.24) is 19.4 Å². The van der Waals surface area contributed by atoms with Crippen LogP contribution >= 0.6 is 0 Å². The minimum atomic E-state index is 0.365. The molecule has 1 atom stereocenters. The van der Waals surface area contributed by atoms with Crippen molar-refractivity contribution in [3.05, 3.63) is 18.2 Å². The topological polar surface area (TPSA) is 44.5 Å². The molecule has 1 aromatic heterocycles. The molecule has 1 N–H and O–H groups in total. The molecule has 2 fully saturated rings. The van der Waals surface area contributed by atoms with Gasteiger partial charge in [0.25, 0.3) is 0 Å². The number of aliphatic hydroxyl groups excluding tert-OH is 1. The second kappa shape index (κ2) is 6.90. The summed E-state index contributed by atoms with van der Waals surface area (Å²) in [5.74, 6) is 1.70.